The number of carbonyl (C=O) groups excluding carboxylic acids is 1. The van der Waals surface area contributed by atoms with E-state index in [0.29, 0.717) is 0 Å². The molecule has 0 radical (unpaired) electrons. The van der Waals surface area contributed by atoms with Crippen LogP contribution >= 0.6 is 15.9 Å². The third-order valence-corrected chi connectivity index (χ3v) is 1.26. The van der Waals surface area contributed by atoms with Crippen LogP contribution in [-0.2, 0) is 7.05 Å². The topological polar surface area (TPSA) is 70.8 Å². The van der Waals surface area contributed by atoms with E-state index in [4.69, 9.17) is 0 Å². The van der Waals surface area contributed by atoms with Crippen molar-refractivity contribution < 1.29 is 28.8 Å². The maximum absolute atomic E-state index is 10.2. The molecule has 0 spiro atoms. The summed E-state index contributed by atoms with van der Waals surface area (Å²) in [5.41, 5.74) is 0. The van der Waals surface area contributed by atoms with Crippen molar-refractivity contribution in [3.05, 3.63) is 10.6 Å². The summed E-state index contributed by atoms with van der Waals surface area (Å²) in [6.45, 7) is 0. The Morgan fingerprint density at radius 2 is 2.27 bits per heavy atom. The van der Waals surface area contributed by atoms with Crippen molar-refractivity contribution >= 4 is 21.9 Å². The number of aromatic nitrogens is 3. The van der Waals surface area contributed by atoms with Gasteiger partial charge in [0, 0.05) is 7.05 Å². The normalized spacial score (nSPS) is 8.91. The van der Waals surface area contributed by atoms with E-state index in [1.54, 1.807) is 0 Å². The van der Waals surface area contributed by atoms with Gasteiger partial charge in [0.1, 0.15) is 5.97 Å². The molecule has 0 aliphatic heterocycles. The van der Waals surface area contributed by atoms with E-state index >= 15 is 0 Å². The van der Waals surface area contributed by atoms with Gasteiger partial charge in [-0.3, -0.25) is 0 Å². The number of aryl methyl sites for hydroxylation is 1. The van der Waals surface area contributed by atoms with Gasteiger partial charge in [-0.1, -0.05) is 0 Å². The van der Waals surface area contributed by atoms with E-state index in [2.05, 4.69) is 26.0 Å². The Bertz CT molecular complexity index is 274. The second-order valence-electron chi connectivity index (χ2n) is 1.62. The molecule has 0 fully saturated rings. The first-order valence-corrected chi connectivity index (χ1v) is 3.18. The first-order chi connectivity index (χ1) is 4.61. The standard InChI is InChI=1S/C4H4BrN3O2.Li/c1-8-2(3(9)10)6-4(5)7-8;/h1H3,(H,9,10);/q;+1/p-1. The van der Waals surface area contributed by atoms with Crippen molar-refractivity contribution in [2.45, 2.75) is 0 Å². The third-order valence-electron chi connectivity index (χ3n) is 0.920. The van der Waals surface area contributed by atoms with Crippen LogP contribution in [-0.4, -0.2) is 20.7 Å². The molecule has 0 saturated carbocycles. The molecule has 0 unspecified atom stereocenters. The van der Waals surface area contributed by atoms with Crippen LogP contribution in [0.5, 0.6) is 0 Å². The van der Waals surface area contributed by atoms with E-state index in [-0.39, 0.29) is 29.4 Å². The van der Waals surface area contributed by atoms with Gasteiger partial charge in [-0.25, -0.2) is 4.68 Å². The largest absolute Gasteiger partial charge is 1.00 e. The first kappa shape index (κ1) is 10.7. The molecule has 0 aliphatic carbocycles. The summed E-state index contributed by atoms with van der Waals surface area (Å²) in [4.78, 5) is 13.7. The first-order valence-electron chi connectivity index (χ1n) is 2.39. The van der Waals surface area contributed by atoms with Gasteiger partial charge < -0.3 is 9.90 Å². The smallest absolute Gasteiger partial charge is 0.542 e. The molecule has 0 atom stereocenters. The summed E-state index contributed by atoms with van der Waals surface area (Å²) in [5.74, 6) is -1.52. The molecular weight excluding hydrogens is 209 g/mol. The molecule has 0 saturated heterocycles. The maximum atomic E-state index is 10.2. The minimum Gasteiger partial charge on any atom is -0.542 e. The molecule has 54 valence electrons. The SMILES string of the molecule is Cn1nc(Br)nc1C(=O)[O-].[Li+]. The fraction of sp³-hybridized carbons (Fsp3) is 0.250. The van der Waals surface area contributed by atoms with E-state index in [1.165, 1.54) is 7.05 Å². The van der Waals surface area contributed by atoms with Gasteiger partial charge in [-0.2, -0.15) is 4.98 Å². The zero-order valence-electron chi connectivity index (χ0n) is 6.04. The molecule has 7 heteroatoms. The maximum Gasteiger partial charge on any atom is 1.00 e. The van der Waals surface area contributed by atoms with Crippen molar-refractivity contribution in [1.29, 1.82) is 0 Å². The van der Waals surface area contributed by atoms with Crippen molar-refractivity contribution in [3.63, 3.8) is 0 Å². The van der Waals surface area contributed by atoms with E-state index in [0.717, 1.165) is 4.68 Å². The Labute approximate surface area is 83.1 Å². The van der Waals surface area contributed by atoms with Crippen molar-refractivity contribution in [1.82, 2.24) is 14.8 Å². The number of carboxylic acid groups (broad SMARTS) is 1. The quantitative estimate of drug-likeness (QED) is 0.444. The van der Waals surface area contributed by atoms with Crippen LogP contribution in [0.4, 0.5) is 0 Å². The summed E-state index contributed by atoms with van der Waals surface area (Å²) < 4.78 is 1.37. The van der Waals surface area contributed by atoms with Gasteiger partial charge in [-0.15, -0.1) is 5.10 Å². The number of hydrogen-bond acceptors (Lipinski definition) is 4. The predicted molar refractivity (Wildman–Crippen MR) is 33.0 cm³/mol. The molecule has 0 bridgehead atoms. The second kappa shape index (κ2) is 3.90. The minimum absolute atomic E-state index is 0. The van der Waals surface area contributed by atoms with Crippen LogP contribution in [0, 0.1) is 0 Å². The summed E-state index contributed by atoms with van der Waals surface area (Å²) in [7, 11) is 1.48. The molecule has 0 N–H and O–H groups in total. The van der Waals surface area contributed by atoms with Gasteiger partial charge in [0.05, 0.1) is 0 Å². The third kappa shape index (κ3) is 2.33. The van der Waals surface area contributed by atoms with Crippen molar-refractivity contribution in [3.8, 4) is 0 Å². The Hall–Kier alpha value is -0.313. The monoisotopic (exact) mass is 211 g/mol. The minimum atomic E-state index is -1.33. The molecule has 1 aromatic heterocycles. The Morgan fingerprint density at radius 3 is 2.45 bits per heavy atom. The van der Waals surface area contributed by atoms with Crippen LogP contribution in [0.25, 0.3) is 0 Å². The van der Waals surface area contributed by atoms with E-state index < -0.39 is 5.97 Å². The summed E-state index contributed by atoms with van der Waals surface area (Å²) in [6.07, 6.45) is 0. The second-order valence-corrected chi connectivity index (χ2v) is 2.32. The molecule has 0 aromatic carbocycles. The van der Waals surface area contributed by atoms with Crippen LogP contribution in [0.15, 0.2) is 4.73 Å². The zero-order chi connectivity index (χ0) is 7.72. The number of rotatable bonds is 1. The Balaban J connectivity index is 0.000001000. The van der Waals surface area contributed by atoms with Gasteiger partial charge in [0.15, 0.2) is 5.82 Å². The molecule has 11 heavy (non-hydrogen) atoms. The number of aromatic carboxylic acids is 1. The molecule has 0 amide bonds. The average molecular weight is 212 g/mol. The van der Waals surface area contributed by atoms with E-state index in [9.17, 15) is 9.90 Å². The van der Waals surface area contributed by atoms with Gasteiger partial charge in [-0.05, 0) is 15.9 Å². The number of carboxylic acids is 1. The van der Waals surface area contributed by atoms with E-state index in [1.807, 2.05) is 0 Å². The molecule has 1 rings (SSSR count). The number of hydrogen-bond donors (Lipinski definition) is 0. The Kier molecular flexibility index (Phi) is 3.79. The molecule has 1 heterocycles. The average Bonchev–Trinajstić information content (AvgIpc) is 2.10. The van der Waals surface area contributed by atoms with Crippen LogP contribution < -0.4 is 24.0 Å². The number of carbonyl (C=O) groups is 1. The Morgan fingerprint density at radius 1 is 1.73 bits per heavy atom. The van der Waals surface area contributed by atoms with Crippen LogP contribution in [0.1, 0.15) is 10.6 Å². The fourth-order valence-corrected chi connectivity index (χ4v) is 0.937. The molecule has 0 aliphatic rings. The molecule has 5 nitrogen and oxygen atoms in total. The molecular formula is C4H3BrLiN3O2. The predicted octanol–water partition coefficient (Wildman–Crippen LogP) is -4.05. The van der Waals surface area contributed by atoms with Crippen LogP contribution in [0.2, 0.25) is 0 Å². The summed E-state index contributed by atoms with van der Waals surface area (Å²) >= 11 is 2.92. The summed E-state index contributed by atoms with van der Waals surface area (Å²) in [6, 6.07) is 0. The van der Waals surface area contributed by atoms with Gasteiger partial charge >= 0.3 is 18.9 Å². The van der Waals surface area contributed by atoms with Crippen LogP contribution in [0.3, 0.4) is 0 Å². The summed E-state index contributed by atoms with van der Waals surface area (Å²) in [5, 5.41) is 13.8. The van der Waals surface area contributed by atoms with Gasteiger partial charge in [0.2, 0.25) is 4.73 Å². The number of halogens is 1. The fourth-order valence-electron chi connectivity index (χ4n) is 0.531. The van der Waals surface area contributed by atoms with Gasteiger partial charge in [0.25, 0.3) is 0 Å². The number of nitrogens with zero attached hydrogens (tertiary/aromatic N) is 3. The zero-order valence-corrected chi connectivity index (χ0v) is 7.62. The molecule has 1 aromatic rings. The van der Waals surface area contributed by atoms with Crippen molar-refractivity contribution in [2.24, 2.45) is 7.05 Å². The van der Waals surface area contributed by atoms with Crippen molar-refractivity contribution in [2.75, 3.05) is 0 Å².